The number of fused-ring (bicyclic) bond motifs is 1. The van der Waals surface area contributed by atoms with Gasteiger partial charge in [-0.1, -0.05) is 22.0 Å². The summed E-state index contributed by atoms with van der Waals surface area (Å²) in [7, 11) is 0. The molecule has 0 saturated carbocycles. The van der Waals surface area contributed by atoms with Crippen LogP contribution in [0, 0.1) is 0 Å². The van der Waals surface area contributed by atoms with Gasteiger partial charge < -0.3 is 11.1 Å². The number of nitrogens with one attached hydrogen (secondary N) is 1. The Morgan fingerprint density at radius 2 is 2.00 bits per heavy atom. The number of pyridine rings is 1. The molecule has 0 bridgehead atoms. The van der Waals surface area contributed by atoms with E-state index in [0.29, 0.717) is 16.9 Å². The van der Waals surface area contributed by atoms with E-state index < -0.39 is 0 Å². The second-order valence-corrected chi connectivity index (χ2v) is 5.48. The minimum Gasteiger partial charge on any atom is -0.398 e. The molecule has 0 unspecified atom stereocenters. The number of hydrogen-bond donors (Lipinski definition) is 2. The third-order valence-electron chi connectivity index (χ3n) is 3.15. The van der Waals surface area contributed by atoms with Crippen molar-refractivity contribution in [3.05, 3.63) is 64.8 Å². The number of anilines is 2. The quantitative estimate of drug-likeness (QED) is 0.696. The minimum atomic E-state index is -0.239. The lowest BCUT2D eigenvalue weighted by molar-refractivity contribution is 0.102. The van der Waals surface area contributed by atoms with Crippen LogP contribution < -0.4 is 11.1 Å². The molecule has 0 saturated heterocycles. The maximum atomic E-state index is 12.4. The van der Waals surface area contributed by atoms with Gasteiger partial charge in [-0.3, -0.25) is 9.78 Å². The van der Waals surface area contributed by atoms with Crippen molar-refractivity contribution in [2.24, 2.45) is 0 Å². The lowest BCUT2D eigenvalue weighted by atomic mass is 10.1. The number of amides is 1. The topological polar surface area (TPSA) is 68.0 Å². The maximum Gasteiger partial charge on any atom is 0.257 e. The Balaban J connectivity index is 1.97. The second-order valence-electron chi connectivity index (χ2n) is 4.56. The number of nitrogens with zero attached hydrogens (tertiary/aromatic N) is 1. The molecule has 0 radical (unpaired) electrons. The van der Waals surface area contributed by atoms with Crippen molar-refractivity contribution < 1.29 is 4.79 Å². The van der Waals surface area contributed by atoms with Crippen molar-refractivity contribution in [2.75, 3.05) is 11.1 Å². The van der Waals surface area contributed by atoms with Crippen LogP contribution in [0.25, 0.3) is 10.9 Å². The number of halogens is 1. The fourth-order valence-corrected chi connectivity index (χ4v) is 2.52. The van der Waals surface area contributed by atoms with Crippen LogP contribution >= 0.6 is 15.9 Å². The number of benzene rings is 2. The molecule has 3 N–H and O–H groups in total. The summed E-state index contributed by atoms with van der Waals surface area (Å²) in [6.07, 6.45) is 1.72. The van der Waals surface area contributed by atoms with Crippen molar-refractivity contribution in [1.29, 1.82) is 0 Å². The fourth-order valence-electron chi connectivity index (χ4n) is 2.14. The van der Waals surface area contributed by atoms with Gasteiger partial charge >= 0.3 is 0 Å². The van der Waals surface area contributed by atoms with Gasteiger partial charge in [-0.25, -0.2) is 0 Å². The predicted octanol–water partition coefficient (Wildman–Crippen LogP) is 3.83. The molecule has 4 nitrogen and oxygen atoms in total. The molecule has 1 aromatic heterocycles. The zero-order chi connectivity index (χ0) is 14.8. The predicted molar refractivity (Wildman–Crippen MR) is 88.3 cm³/mol. The molecule has 0 aliphatic heterocycles. The number of aromatic nitrogens is 1. The van der Waals surface area contributed by atoms with Gasteiger partial charge in [0.15, 0.2) is 0 Å². The van der Waals surface area contributed by atoms with Crippen LogP contribution in [0.4, 0.5) is 11.4 Å². The van der Waals surface area contributed by atoms with E-state index in [1.165, 1.54) is 0 Å². The highest BCUT2D eigenvalue weighted by Crippen LogP contribution is 2.24. The summed E-state index contributed by atoms with van der Waals surface area (Å²) in [5, 5.41) is 3.78. The normalized spacial score (nSPS) is 10.5. The van der Waals surface area contributed by atoms with E-state index in [2.05, 4.69) is 26.2 Å². The van der Waals surface area contributed by atoms with Gasteiger partial charge in [-0.2, -0.15) is 0 Å². The van der Waals surface area contributed by atoms with Crippen molar-refractivity contribution >= 4 is 44.1 Å². The molecule has 0 atom stereocenters. The van der Waals surface area contributed by atoms with E-state index in [1.807, 2.05) is 30.3 Å². The summed E-state index contributed by atoms with van der Waals surface area (Å²) in [5.41, 5.74) is 8.31. The smallest absolute Gasteiger partial charge is 0.257 e. The van der Waals surface area contributed by atoms with Gasteiger partial charge in [-0.15, -0.1) is 0 Å². The first kappa shape index (κ1) is 13.6. The van der Waals surface area contributed by atoms with Crippen molar-refractivity contribution in [3.63, 3.8) is 0 Å². The van der Waals surface area contributed by atoms with E-state index in [1.54, 1.807) is 24.4 Å². The molecular formula is C16H12BrN3O. The molecule has 104 valence electrons. The van der Waals surface area contributed by atoms with Crippen LogP contribution in [0.3, 0.4) is 0 Å². The molecule has 0 fully saturated rings. The molecule has 21 heavy (non-hydrogen) atoms. The van der Waals surface area contributed by atoms with Gasteiger partial charge in [-0.05, 0) is 42.5 Å². The van der Waals surface area contributed by atoms with Gasteiger partial charge in [0.05, 0.1) is 16.8 Å². The van der Waals surface area contributed by atoms with Crippen LogP contribution in [-0.2, 0) is 0 Å². The highest BCUT2D eigenvalue weighted by molar-refractivity contribution is 9.10. The molecule has 0 aliphatic carbocycles. The van der Waals surface area contributed by atoms with Crippen LogP contribution in [0.1, 0.15) is 10.4 Å². The van der Waals surface area contributed by atoms with Crippen LogP contribution in [0.5, 0.6) is 0 Å². The van der Waals surface area contributed by atoms with Crippen LogP contribution in [-0.4, -0.2) is 10.9 Å². The molecule has 3 aromatic rings. The maximum absolute atomic E-state index is 12.4. The Morgan fingerprint density at radius 1 is 1.14 bits per heavy atom. The number of carbonyl (C=O) groups excluding carboxylic acids is 1. The monoisotopic (exact) mass is 341 g/mol. The third kappa shape index (κ3) is 2.73. The molecule has 5 heteroatoms. The second kappa shape index (κ2) is 5.54. The Labute approximate surface area is 130 Å². The molecule has 2 aromatic carbocycles. The zero-order valence-electron chi connectivity index (χ0n) is 11.0. The largest absolute Gasteiger partial charge is 0.398 e. The van der Waals surface area contributed by atoms with Crippen molar-refractivity contribution in [1.82, 2.24) is 4.98 Å². The average Bonchev–Trinajstić information content (AvgIpc) is 2.47. The van der Waals surface area contributed by atoms with E-state index in [9.17, 15) is 4.79 Å². The first-order chi connectivity index (χ1) is 10.1. The zero-order valence-corrected chi connectivity index (χ0v) is 12.6. The van der Waals surface area contributed by atoms with E-state index in [-0.39, 0.29) is 5.91 Å². The van der Waals surface area contributed by atoms with Gasteiger partial charge in [0, 0.05) is 21.7 Å². The first-order valence-corrected chi connectivity index (χ1v) is 7.14. The standard InChI is InChI=1S/C16H12BrN3O/c17-10-6-7-11(13(18)9-10)16(21)20-15-5-1-4-14-12(15)3-2-8-19-14/h1-9H,18H2,(H,20,21). The summed E-state index contributed by atoms with van der Waals surface area (Å²) in [6.45, 7) is 0. The number of carbonyl (C=O) groups is 1. The summed E-state index contributed by atoms with van der Waals surface area (Å²) < 4.78 is 0.839. The van der Waals surface area contributed by atoms with E-state index >= 15 is 0 Å². The molecule has 0 spiro atoms. The highest BCUT2D eigenvalue weighted by atomic mass is 79.9. The van der Waals surface area contributed by atoms with Crippen LogP contribution in [0.2, 0.25) is 0 Å². The molecule has 3 rings (SSSR count). The average molecular weight is 342 g/mol. The van der Waals surface area contributed by atoms with E-state index in [4.69, 9.17) is 5.73 Å². The Morgan fingerprint density at radius 3 is 2.81 bits per heavy atom. The Kier molecular flexibility index (Phi) is 3.58. The van der Waals surface area contributed by atoms with E-state index in [0.717, 1.165) is 15.4 Å². The molecular weight excluding hydrogens is 330 g/mol. The minimum absolute atomic E-state index is 0.239. The van der Waals surface area contributed by atoms with Crippen molar-refractivity contribution in [2.45, 2.75) is 0 Å². The highest BCUT2D eigenvalue weighted by Gasteiger charge is 2.11. The number of nitrogens with two attached hydrogens (primary N) is 1. The first-order valence-electron chi connectivity index (χ1n) is 6.35. The number of rotatable bonds is 2. The lowest BCUT2D eigenvalue weighted by Gasteiger charge is -2.10. The molecule has 0 aliphatic rings. The summed E-state index contributed by atoms with van der Waals surface area (Å²) in [4.78, 5) is 16.6. The number of hydrogen-bond acceptors (Lipinski definition) is 3. The Hall–Kier alpha value is -2.40. The van der Waals surface area contributed by atoms with Gasteiger partial charge in [0.25, 0.3) is 5.91 Å². The number of nitrogen functional groups attached to an aromatic ring is 1. The van der Waals surface area contributed by atoms with Crippen LogP contribution in [0.15, 0.2) is 59.2 Å². The van der Waals surface area contributed by atoms with Gasteiger partial charge in [0.2, 0.25) is 0 Å². The third-order valence-corrected chi connectivity index (χ3v) is 3.65. The fraction of sp³-hybridized carbons (Fsp3) is 0. The lowest BCUT2D eigenvalue weighted by Crippen LogP contribution is -2.14. The molecule has 1 amide bonds. The Bertz CT molecular complexity index is 827. The SMILES string of the molecule is Nc1cc(Br)ccc1C(=O)Nc1cccc2ncccc12. The summed E-state index contributed by atoms with van der Waals surface area (Å²) in [6, 6.07) is 14.5. The summed E-state index contributed by atoms with van der Waals surface area (Å²) >= 11 is 3.32. The molecule has 1 heterocycles. The van der Waals surface area contributed by atoms with Gasteiger partial charge in [0.1, 0.15) is 0 Å². The van der Waals surface area contributed by atoms with Crippen molar-refractivity contribution in [3.8, 4) is 0 Å². The summed E-state index contributed by atoms with van der Waals surface area (Å²) in [5.74, 6) is -0.239.